The van der Waals surface area contributed by atoms with Crippen LogP contribution in [0.3, 0.4) is 0 Å². The van der Waals surface area contributed by atoms with Crippen LogP contribution in [-0.4, -0.2) is 34.0 Å². The molecule has 0 aromatic carbocycles. The molecule has 2 N–H and O–H groups in total. The van der Waals surface area contributed by atoms with Gasteiger partial charge in [-0.2, -0.15) is 0 Å². The van der Waals surface area contributed by atoms with Crippen LogP contribution in [0, 0.1) is 0 Å². The molecule has 0 fully saturated rings. The molecule has 1 amide bonds. The number of aromatic carboxylic acids is 1. The first-order chi connectivity index (χ1) is 6.15. The van der Waals surface area contributed by atoms with Crippen molar-refractivity contribution in [1.29, 1.82) is 0 Å². The molecule has 6 heteroatoms. The minimum Gasteiger partial charge on any atom is -0.476 e. The van der Waals surface area contributed by atoms with E-state index in [9.17, 15) is 9.59 Å². The van der Waals surface area contributed by atoms with Gasteiger partial charge >= 0.3 is 5.97 Å². The molecule has 0 atom stereocenters. The Bertz CT molecular complexity index is 333. The molecular weight excluding hydrogens is 174 g/mol. The topological polar surface area (TPSA) is 92.2 Å². The molecule has 0 saturated heterocycles. The van der Waals surface area contributed by atoms with E-state index in [0.29, 0.717) is 0 Å². The zero-order chi connectivity index (χ0) is 9.84. The summed E-state index contributed by atoms with van der Waals surface area (Å²) in [4.78, 5) is 28.4. The quantitative estimate of drug-likeness (QED) is 0.643. The lowest BCUT2D eigenvalue weighted by Gasteiger charge is -1.97. The normalized spacial score (nSPS) is 9.31. The summed E-state index contributed by atoms with van der Waals surface area (Å²) >= 11 is 0. The van der Waals surface area contributed by atoms with Crippen molar-refractivity contribution in [2.75, 3.05) is 7.05 Å². The highest BCUT2D eigenvalue weighted by Gasteiger charge is 2.08. The molecule has 0 bridgehead atoms. The molecule has 0 aliphatic carbocycles. The highest BCUT2D eigenvalue weighted by Crippen LogP contribution is 1.94. The maximum atomic E-state index is 10.9. The summed E-state index contributed by atoms with van der Waals surface area (Å²) in [6.07, 6.45) is 2.15. The molecule has 0 radical (unpaired) electrons. The number of nitrogens with one attached hydrogen (secondary N) is 1. The lowest BCUT2D eigenvalue weighted by molar-refractivity contribution is 0.0689. The predicted molar refractivity (Wildman–Crippen MR) is 42.4 cm³/mol. The third-order valence-electron chi connectivity index (χ3n) is 1.33. The van der Waals surface area contributed by atoms with Crippen molar-refractivity contribution in [2.24, 2.45) is 0 Å². The smallest absolute Gasteiger partial charge is 0.356 e. The number of carbonyl (C=O) groups excluding carboxylic acids is 1. The van der Waals surface area contributed by atoms with E-state index in [2.05, 4.69) is 15.3 Å². The Labute approximate surface area is 73.6 Å². The lowest BCUT2D eigenvalue weighted by atomic mass is 10.4. The van der Waals surface area contributed by atoms with Gasteiger partial charge in [0.1, 0.15) is 5.69 Å². The number of carbonyl (C=O) groups is 2. The number of rotatable bonds is 2. The highest BCUT2D eigenvalue weighted by molar-refractivity contribution is 5.92. The molecule has 0 saturated carbocycles. The van der Waals surface area contributed by atoms with Crippen LogP contribution >= 0.6 is 0 Å². The van der Waals surface area contributed by atoms with E-state index < -0.39 is 11.9 Å². The summed E-state index contributed by atoms with van der Waals surface area (Å²) < 4.78 is 0. The largest absolute Gasteiger partial charge is 0.476 e. The summed E-state index contributed by atoms with van der Waals surface area (Å²) in [5.74, 6) is -1.57. The Balaban J connectivity index is 2.93. The van der Waals surface area contributed by atoms with Gasteiger partial charge < -0.3 is 10.4 Å². The zero-order valence-corrected chi connectivity index (χ0v) is 6.81. The SMILES string of the molecule is CNC(=O)c1cnc(C(=O)O)cn1. The van der Waals surface area contributed by atoms with Gasteiger partial charge in [-0.05, 0) is 0 Å². The van der Waals surface area contributed by atoms with Crippen LogP contribution in [0.5, 0.6) is 0 Å². The number of hydrogen-bond acceptors (Lipinski definition) is 4. The molecule has 68 valence electrons. The van der Waals surface area contributed by atoms with Gasteiger partial charge in [0.15, 0.2) is 5.69 Å². The van der Waals surface area contributed by atoms with E-state index in [0.717, 1.165) is 12.4 Å². The van der Waals surface area contributed by atoms with Gasteiger partial charge in [-0.3, -0.25) is 4.79 Å². The van der Waals surface area contributed by atoms with Gasteiger partial charge in [0.05, 0.1) is 12.4 Å². The van der Waals surface area contributed by atoms with E-state index >= 15 is 0 Å². The van der Waals surface area contributed by atoms with Gasteiger partial charge in [-0.15, -0.1) is 0 Å². The first kappa shape index (κ1) is 9.11. The fourth-order valence-corrected chi connectivity index (χ4v) is 0.684. The van der Waals surface area contributed by atoms with Gasteiger partial charge in [0.2, 0.25) is 0 Å². The van der Waals surface area contributed by atoms with E-state index in [1.807, 2.05) is 0 Å². The Morgan fingerprint density at radius 2 is 1.85 bits per heavy atom. The number of aromatic nitrogens is 2. The lowest BCUT2D eigenvalue weighted by Crippen LogP contribution is -2.19. The number of nitrogens with zero attached hydrogens (tertiary/aromatic N) is 2. The predicted octanol–water partition coefficient (Wildman–Crippen LogP) is -0.466. The minimum absolute atomic E-state index is 0.0903. The third-order valence-corrected chi connectivity index (χ3v) is 1.33. The Hall–Kier alpha value is -1.98. The second-order valence-corrected chi connectivity index (χ2v) is 2.17. The van der Waals surface area contributed by atoms with Crippen LogP contribution in [0.25, 0.3) is 0 Å². The maximum absolute atomic E-state index is 10.9. The Kier molecular flexibility index (Phi) is 2.53. The van der Waals surface area contributed by atoms with Crippen molar-refractivity contribution in [2.45, 2.75) is 0 Å². The summed E-state index contributed by atoms with van der Waals surface area (Å²) in [5.41, 5.74) is -0.0971. The molecule has 1 aromatic rings. The summed E-state index contributed by atoms with van der Waals surface area (Å²) in [7, 11) is 1.45. The second kappa shape index (κ2) is 3.61. The van der Waals surface area contributed by atoms with E-state index in [1.54, 1.807) is 0 Å². The van der Waals surface area contributed by atoms with E-state index in [4.69, 9.17) is 5.11 Å². The van der Waals surface area contributed by atoms with Gasteiger partial charge in [-0.1, -0.05) is 0 Å². The first-order valence-electron chi connectivity index (χ1n) is 3.42. The molecule has 13 heavy (non-hydrogen) atoms. The van der Waals surface area contributed by atoms with Crippen molar-refractivity contribution in [1.82, 2.24) is 15.3 Å². The number of carboxylic acids is 1. The summed E-state index contributed by atoms with van der Waals surface area (Å²) in [6.45, 7) is 0. The molecule has 0 unspecified atom stereocenters. The number of amides is 1. The van der Waals surface area contributed by atoms with Crippen molar-refractivity contribution in [3.05, 3.63) is 23.8 Å². The third kappa shape index (κ3) is 1.98. The molecule has 6 nitrogen and oxygen atoms in total. The fourth-order valence-electron chi connectivity index (χ4n) is 0.684. The molecular formula is C7H7N3O3. The molecule has 1 rings (SSSR count). The van der Waals surface area contributed by atoms with Crippen molar-refractivity contribution in [3.63, 3.8) is 0 Å². The molecule has 1 aromatic heterocycles. The molecule has 0 spiro atoms. The average Bonchev–Trinajstić information content (AvgIpc) is 2.17. The van der Waals surface area contributed by atoms with Gasteiger partial charge in [0, 0.05) is 7.05 Å². The van der Waals surface area contributed by atoms with Crippen LogP contribution in [0.2, 0.25) is 0 Å². The highest BCUT2D eigenvalue weighted by atomic mass is 16.4. The minimum atomic E-state index is -1.17. The molecule has 0 aliphatic heterocycles. The van der Waals surface area contributed by atoms with Crippen LogP contribution in [-0.2, 0) is 0 Å². The number of carboxylic acid groups (broad SMARTS) is 1. The second-order valence-electron chi connectivity index (χ2n) is 2.17. The van der Waals surface area contributed by atoms with Gasteiger partial charge in [-0.25, -0.2) is 14.8 Å². The van der Waals surface area contributed by atoms with Crippen LogP contribution < -0.4 is 5.32 Å². The molecule has 0 aliphatic rings. The van der Waals surface area contributed by atoms with Crippen LogP contribution in [0.4, 0.5) is 0 Å². The Morgan fingerprint density at radius 1 is 1.31 bits per heavy atom. The fraction of sp³-hybridized carbons (Fsp3) is 0.143. The van der Waals surface area contributed by atoms with Crippen LogP contribution in [0.1, 0.15) is 21.0 Å². The van der Waals surface area contributed by atoms with Crippen molar-refractivity contribution < 1.29 is 14.7 Å². The Morgan fingerprint density at radius 3 is 2.23 bits per heavy atom. The van der Waals surface area contributed by atoms with Crippen LogP contribution in [0.15, 0.2) is 12.4 Å². The summed E-state index contributed by atoms with van der Waals surface area (Å²) in [6, 6.07) is 0. The molecule has 1 heterocycles. The van der Waals surface area contributed by atoms with Crippen molar-refractivity contribution >= 4 is 11.9 Å². The average molecular weight is 181 g/mol. The van der Waals surface area contributed by atoms with Gasteiger partial charge in [0.25, 0.3) is 5.91 Å². The first-order valence-corrected chi connectivity index (χ1v) is 3.42. The maximum Gasteiger partial charge on any atom is 0.356 e. The summed E-state index contributed by atoms with van der Waals surface area (Å²) in [5, 5.41) is 10.8. The number of hydrogen-bond donors (Lipinski definition) is 2. The van der Waals surface area contributed by atoms with E-state index in [-0.39, 0.29) is 11.4 Å². The monoisotopic (exact) mass is 181 g/mol. The van der Waals surface area contributed by atoms with Crippen molar-refractivity contribution in [3.8, 4) is 0 Å². The standard InChI is InChI=1S/C7H7N3O3/c1-8-6(11)4-2-10-5(3-9-4)7(12)13/h2-3H,1H3,(H,8,11)(H,12,13). The zero-order valence-electron chi connectivity index (χ0n) is 6.81. The van der Waals surface area contributed by atoms with E-state index in [1.165, 1.54) is 7.05 Å².